The Morgan fingerprint density at radius 1 is 0.935 bits per heavy atom. The van der Waals surface area contributed by atoms with Crippen LogP contribution in [-0.2, 0) is 30.1 Å². The Balaban J connectivity index is 0.000000248. The maximum absolute atomic E-state index is 5.77. The topological polar surface area (TPSA) is 52.8 Å². The first-order valence-electron chi connectivity index (χ1n) is 10.8. The Bertz CT molecular complexity index is 769. The van der Waals surface area contributed by atoms with Crippen molar-refractivity contribution < 1.29 is 23.7 Å². The van der Waals surface area contributed by atoms with Gasteiger partial charge >= 0.3 is 0 Å². The summed E-state index contributed by atoms with van der Waals surface area (Å²) < 4.78 is 26.7. The fraction of sp³-hybridized carbons (Fsp3) is 0.462. The van der Waals surface area contributed by atoms with Crippen LogP contribution < -0.4 is 0 Å². The van der Waals surface area contributed by atoms with Crippen LogP contribution in [0.3, 0.4) is 0 Å². The van der Waals surface area contributed by atoms with Gasteiger partial charge in [-0.15, -0.1) is 13.2 Å². The lowest BCUT2D eigenvalue weighted by molar-refractivity contribution is -0.160. The molecule has 0 aromatic heterocycles. The number of hydrogen-bond acceptors (Lipinski definition) is 5. The van der Waals surface area contributed by atoms with Crippen molar-refractivity contribution >= 4 is 5.57 Å². The van der Waals surface area contributed by atoms with E-state index in [0.717, 1.165) is 50.4 Å². The van der Waals surface area contributed by atoms with Crippen LogP contribution in [0, 0.1) is 0 Å². The third-order valence-corrected chi connectivity index (χ3v) is 5.48. The highest BCUT2D eigenvalue weighted by molar-refractivity contribution is 5.74. The van der Waals surface area contributed by atoms with Crippen LogP contribution in [0.2, 0.25) is 0 Å². The minimum atomic E-state index is -0.729. The summed E-state index contributed by atoms with van der Waals surface area (Å²) in [6.45, 7) is 10.8. The molecule has 0 N–H and O–H groups in total. The normalized spacial score (nSPS) is 23.0. The molecule has 0 spiro atoms. The van der Waals surface area contributed by atoms with E-state index in [0.29, 0.717) is 18.6 Å². The molecule has 1 aromatic rings. The van der Waals surface area contributed by atoms with E-state index in [-0.39, 0.29) is 0 Å². The third kappa shape index (κ3) is 6.99. The van der Waals surface area contributed by atoms with Gasteiger partial charge in [-0.05, 0) is 24.0 Å². The highest BCUT2D eigenvalue weighted by Crippen LogP contribution is 2.40. The monoisotopic (exact) mass is 426 g/mol. The summed E-state index contributed by atoms with van der Waals surface area (Å²) in [6, 6.07) is 8.47. The van der Waals surface area contributed by atoms with Crippen molar-refractivity contribution in [3.63, 3.8) is 0 Å². The van der Waals surface area contributed by atoms with E-state index < -0.39 is 5.79 Å². The van der Waals surface area contributed by atoms with Crippen molar-refractivity contribution in [2.75, 3.05) is 40.6 Å². The SMILES string of the molecule is C(OCC1CO1)C1CO1.C=CCC1=CC=C(c2ccc(CC=C)cc2)C(OC)(OC)C1. The molecule has 168 valence electrons. The summed E-state index contributed by atoms with van der Waals surface area (Å²) in [5.74, 6) is -0.729. The standard InChI is InChI=1S/C20H24O2.C6H10O3/c1-5-7-16-9-12-18(13-10-16)19-14-11-17(8-6-2)15-20(19,21-3)22-4;1(5-3-8-5)7-2-6-4-9-6/h5-6,9-14H,1-2,7-8,15H2,3-4H3;5-6H,1-4H2. The molecule has 5 heteroatoms. The predicted molar refractivity (Wildman–Crippen MR) is 123 cm³/mol. The second kappa shape index (κ2) is 11.6. The maximum Gasteiger partial charge on any atom is 0.198 e. The molecule has 0 amide bonds. The number of rotatable bonds is 11. The van der Waals surface area contributed by atoms with Gasteiger partial charge in [0.1, 0.15) is 12.2 Å². The largest absolute Gasteiger partial charge is 0.376 e. The minimum absolute atomic E-state index is 0.392. The summed E-state index contributed by atoms with van der Waals surface area (Å²) >= 11 is 0. The fourth-order valence-electron chi connectivity index (χ4n) is 3.52. The molecular weight excluding hydrogens is 392 g/mol. The number of methoxy groups -OCH3 is 2. The summed E-state index contributed by atoms with van der Waals surface area (Å²) in [5.41, 5.74) is 4.67. The average Bonchev–Trinajstić information content (AvgIpc) is 3.72. The minimum Gasteiger partial charge on any atom is -0.376 e. The first kappa shape index (κ1) is 23.6. The van der Waals surface area contributed by atoms with Crippen molar-refractivity contribution in [3.05, 3.63) is 78.4 Å². The predicted octanol–water partition coefficient (Wildman–Crippen LogP) is 4.49. The Morgan fingerprint density at radius 3 is 2.00 bits per heavy atom. The van der Waals surface area contributed by atoms with Crippen molar-refractivity contribution in [2.24, 2.45) is 0 Å². The molecule has 2 heterocycles. The molecule has 0 saturated carbocycles. The van der Waals surface area contributed by atoms with E-state index in [1.807, 2.05) is 12.2 Å². The van der Waals surface area contributed by atoms with Gasteiger partial charge < -0.3 is 23.7 Å². The molecule has 2 atom stereocenters. The lowest BCUT2D eigenvalue weighted by Crippen LogP contribution is -2.37. The molecule has 3 aliphatic rings. The molecule has 5 nitrogen and oxygen atoms in total. The highest BCUT2D eigenvalue weighted by Gasteiger charge is 2.37. The third-order valence-electron chi connectivity index (χ3n) is 5.48. The van der Waals surface area contributed by atoms with Crippen LogP contribution in [0.4, 0.5) is 0 Å². The molecular formula is C26H34O5. The zero-order valence-electron chi connectivity index (χ0n) is 18.7. The molecule has 2 aliphatic heterocycles. The Morgan fingerprint density at radius 2 is 1.52 bits per heavy atom. The Hall–Kier alpha value is -2.02. The van der Waals surface area contributed by atoms with Gasteiger partial charge in [-0.25, -0.2) is 0 Å². The molecule has 2 unspecified atom stereocenters. The van der Waals surface area contributed by atoms with E-state index >= 15 is 0 Å². The summed E-state index contributed by atoms with van der Waals surface area (Å²) in [5, 5.41) is 0. The molecule has 2 saturated heterocycles. The molecule has 2 fully saturated rings. The zero-order chi connectivity index (χ0) is 22.1. The zero-order valence-corrected chi connectivity index (χ0v) is 18.7. The lowest BCUT2D eigenvalue weighted by Gasteiger charge is -2.36. The van der Waals surface area contributed by atoms with Crippen LogP contribution in [0.1, 0.15) is 24.0 Å². The van der Waals surface area contributed by atoms with Gasteiger partial charge in [0, 0.05) is 26.2 Å². The number of benzene rings is 1. The molecule has 0 radical (unpaired) electrons. The van der Waals surface area contributed by atoms with Crippen molar-refractivity contribution in [1.29, 1.82) is 0 Å². The van der Waals surface area contributed by atoms with Gasteiger partial charge in [-0.1, -0.05) is 54.1 Å². The van der Waals surface area contributed by atoms with Gasteiger partial charge in [0.05, 0.1) is 26.4 Å². The number of ether oxygens (including phenoxy) is 5. The quantitative estimate of drug-likeness (QED) is 0.296. The van der Waals surface area contributed by atoms with E-state index in [2.05, 4.69) is 49.6 Å². The first-order valence-corrected chi connectivity index (χ1v) is 10.8. The first-order chi connectivity index (χ1) is 15.1. The van der Waals surface area contributed by atoms with Crippen LogP contribution >= 0.6 is 0 Å². The van der Waals surface area contributed by atoms with Gasteiger partial charge in [-0.2, -0.15) is 0 Å². The van der Waals surface area contributed by atoms with Gasteiger partial charge in [-0.3, -0.25) is 0 Å². The van der Waals surface area contributed by atoms with Crippen LogP contribution in [0.15, 0.2) is 67.3 Å². The lowest BCUT2D eigenvalue weighted by atomic mass is 9.86. The van der Waals surface area contributed by atoms with Gasteiger partial charge in [0.25, 0.3) is 0 Å². The molecule has 4 rings (SSSR count). The van der Waals surface area contributed by atoms with Crippen LogP contribution in [0.25, 0.3) is 5.57 Å². The summed E-state index contributed by atoms with van der Waals surface area (Å²) in [6.07, 6.45) is 11.3. The number of epoxide rings is 2. The van der Waals surface area contributed by atoms with E-state index in [9.17, 15) is 0 Å². The van der Waals surface area contributed by atoms with E-state index in [1.54, 1.807) is 14.2 Å². The van der Waals surface area contributed by atoms with Gasteiger partial charge in [0.2, 0.25) is 0 Å². The number of allylic oxidation sites excluding steroid dienone is 4. The summed E-state index contributed by atoms with van der Waals surface area (Å²) in [7, 11) is 3.39. The van der Waals surface area contributed by atoms with Gasteiger partial charge in [0.15, 0.2) is 5.79 Å². The second-order valence-corrected chi connectivity index (χ2v) is 7.87. The Kier molecular flexibility index (Phi) is 8.81. The fourth-order valence-corrected chi connectivity index (χ4v) is 3.52. The second-order valence-electron chi connectivity index (χ2n) is 7.87. The molecule has 1 aliphatic carbocycles. The van der Waals surface area contributed by atoms with E-state index in [1.165, 1.54) is 11.1 Å². The molecule has 1 aromatic carbocycles. The number of hydrogen-bond donors (Lipinski definition) is 0. The van der Waals surface area contributed by atoms with Crippen molar-refractivity contribution in [2.45, 2.75) is 37.3 Å². The van der Waals surface area contributed by atoms with Crippen LogP contribution in [0.5, 0.6) is 0 Å². The highest BCUT2D eigenvalue weighted by atomic mass is 16.7. The molecule has 31 heavy (non-hydrogen) atoms. The van der Waals surface area contributed by atoms with Crippen molar-refractivity contribution in [1.82, 2.24) is 0 Å². The van der Waals surface area contributed by atoms with Crippen LogP contribution in [-0.4, -0.2) is 58.6 Å². The average molecular weight is 427 g/mol. The Labute approximate surface area is 186 Å². The van der Waals surface area contributed by atoms with Crippen molar-refractivity contribution in [3.8, 4) is 0 Å². The summed E-state index contributed by atoms with van der Waals surface area (Å²) in [4.78, 5) is 0. The smallest absolute Gasteiger partial charge is 0.198 e. The molecule has 0 bridgehead atoms. The maximum atomic E-state index is 5.77. The van der Waals surface area contributed by atoms with E-state index in [4.69, 9.17) is 23.7 Å².